The van der Waals surface area contributed by atoms with E-state index in [1.54, 1.807) is 6.07 Å². The maximum absolute atomic E-state index is 12.8. The standard InChI is InChI=1S/C14H11ClF3NO2S/c1-21-13-7-9(3-4-10(13)14(16,17)18)22-19-8-2-5-11(15)12(20)6-8/h2-7,19-20H,1H3. The van der Waals surface area contributed by atoms with Crippen molar-refractivity contribution in [2.45, 2.75) is 11.1 Å². The number of nitrogens with one attached hydrogen (secondary N) is 1. The maximum atomic E-state index is 12.8. The van der Waals surface area contributed by atoms with Gasteiger partial charge in [-0.15, -0.1) is 0 Å². The molecule has 2 rings (SSSR count). The van der Waals surface area contributed by atoms with Crippen molar-refractivity contribution in [2.75, 3.05) is 11.8 Å². The zero-order valence-electron chi connectivity index (χ0n) is 11.2. The topological polar surface area (TPSA) is 41.5 Å². The Labute approximate surface area is 134 Å². The number of halogens is 4. The van der Waals surface area contributed by atoms with Crippen molar-refractivity contribution in [1.29, 1.82) is 0 Å². The number of methoxy groups -OCH3 is 1. The van der Waals surface area contributed by atoms with Crippen molar-refractivity contribution in [3.8, 4) is 11.5 Å². The van der Waals surface area contributed by atoms with Crippen molar-refractivity contribution in [2.24, 2.45) is 0 Å². The molecule has 0 saturated carbocycles. The summed E-state index contributed by atoms with van der Waals surface area (Å²) in [5, 5.41) is 9.69. The van der Waals surface area contributed by atoms with Crippen molar-refractivity contribution in [3.05, 3.63) is 47.0 Å². The number of phenols is 1. The van der Waals surface area contributed by atoms with Crippen LogP contribution in [0, 0.1) is 0 Å². The summed E-state index contributed by atoms with van der Waals surface area (Å²) >= 11 is 6.78. The van der Waals surface area contributed by atoms with Gasteiger partial charge in [0.1, 0.15) is 11.5 Å². The van der Waals surface area contributed by atoms with Crippen molar-refractivity contribution in [3.63, 3.8) is 0 Å². The molecule has 0 radical (unpaired) electrons. The molecule has 0 heterocycles. The molecule has 8 heteroatoms. The van der Waals surface area contributed by atoms with Crippen LogP contribution in [0.5, 0.6) is 11.5 Å². The molecule has 0 aliphatic heterocycles. The zero-order valence-corrected chi connectivity index (χ0v) is 12.8. The van der Waals surface area contributed by atoms with E-state index in [-0.39, 0.29) is 16.5 Å². The first-order valence-corrected chi connectivity index (χ1v) is 7.17. The number of aromatic hydroxyl groups is 1. The largest absolute Gasteiger partial charge is 0.506 e. The predicted octanol–water partition coefficient (Wildman–Crippen LogP) is 5.19. The van der Waals surface area contributed by atoms with E-state index in [1.807, 2.05) is 0 Å². The molecule has 118 valence electrons. The number of phenolic OH excluding ortho intramolecular Hbond substituents is 1. The second kappa shape index (κ2) is 6.58. The minimum atomic E-state index is -4.47. The summed E-state index contributed by atoms with van der Waals surface area (Å²) in [7, 11) is 1.18. The van der Waals surface area contributed by atoms with Crippen LogP contribution in [0.4, 0.5) is 18.9 Å². The van der Waals surface area contributed by atoms with Crippen LogP contribution >= 0.6 is 23.5 Å². The fourth-order valence-corrected chi connectivity index (χ4v) is 2.45. The van der Waals surface area contributed by atoms with Crippen LogP contribution in [0.2, 0.25) is 5.02 Å². The number of anilines is 1. The Morgan fingerprint density at radius 3 is 2.50 bits per heavy atom. The molecular formula is C14H11ClF3NO2S. The molecule has 0 saturated heterocycles. The Morgan fingerprint density at radius 1 is 1.18 bits per heavy atom. The number of hydrogen-bond donors (Lipinski definition) is 2. The summed E-state index contributed by atoms with van der Waals surface area (Å²) in [6.45, 7) is 0. The van der Waals surface area contributed by atoms with Gasteiger partial charge < -0.3 is 14.6 Å². The normalized spacial score (nSPS) is 11.3. The van der Waals surface area contributed by atoms with Gasteiger partial charge in [0.15, 0.2) is 0 Å². The van der Waals surface area contributed by atoms with Gasteiger partial charge in [-0.25, -0.2) is 0 Å². The molecule has 0 fully saturated rings. The summed E-state index contributed by atoms with van der Waals surface area (Å²) in [6.07, 6.45) is -4.47. The van der Waals surface area contributed by atoms with E-state index in [4.69, 9.17) is 16.3 Å². The first-order chi connectivity index (χ1) is 10.3. The van der Waals surface area contributed by atoms with E-state index in [9.17, 15) is 18.3 Å². The minimum Gasteiger partial charge on any atom is -0.506 e. The molecule has 2 N–H and O–H groups in total. The van der Waals surface area contributed by atoms with Crippen LogP contribution in [-0.2, 0) is 6.18 Å². The van der Waals surface area contributed by atoms with Gasteiger partial charge in [-0.3, -0.25) is 0 Å². The molecule has 0 aromatic heterocycles. The molecule has 0 atom stereocenters. The minimum absolute atomic E-state index is 0.0859. The molecule has 0 spiro atoms. The summed E-state index contributed by atoms with van der Waals surface area (Å²) < 4.78 is 46.0. The second-order valence-electron chi connectivity index (χ2n) is 4.23. The highest BCUT2D eigenvalue weighted by atomic mass is 35.5. The van der Waals surface area contributed by atoms with E-state index >= 15 is 0 Å². The van der Waals surface area contributed by atoms with Crippen LogP contribution < -0.4 is 9.46 Å². The van der Waals surface area contributed by atoms with E-state index in [0.717, 1.165) is 18.0 Å². The lowest BCUT2D eigenvalue weighted by molar-refractivity contribution is -0.138. The summed E-state index contributed by atoms with van der Waals surface area (Å²) in [5.41, 5.74) is -0.269. The van der Waals surface area contributed by atoms with Crippen LogP contribution in [0.25, 0.3) is 0 Å². The smallest absolute Gasteiger partial charge is 0.419 e. The summed E-state index contributed by atoms with van der Waals surface area (Å²) in [4.78, 5) is 0.527. The lowest BCUT2D eigenvalue weighted by Crippen LogP contribution is -2.07. The molecule has 2 aromatic rings. The lowest BCUT2D eigenvalue weighted by Gasteiger charge is -2.13. The third-order valence-corrected chi connectivity index (χ3v) is 3.86. The third-order valence-electron chi connectivity index (χ3n) is 2.71. The first kappa shape index (κ1) is 16.6. The van der Waals surface area contributed by atoms with Gasteiger partial charge >= 0.3 is 6.18 Å². The highest BCUT2D eigenvalue weighted by Gasteiger charge is 2.34. The van der Waals surface area contributed by atoms with Gasteiger partial charge in [0.05, 0.1) is 17.7 Å². The molecule has 3 nitrogen and oxygen atoms in total. The number of alkyl halides is 3. The second-order valence-corrected chi connectivity index (χ2v) is 5.52. The maximum Gasteiger partial charge on any atom is 0.419 e. The van der Waals surface area contributed by atoms with Crippen molar-refractivity contribution < 1.29 is 23.0 Å². The van der Waals surface area contributed by atoms with Crippen LogP contribution in [0.3, 0.4) is 0 Å². The van der Waals surface area contributed by atoms with Crippen LogP contribution in [0.15, 0.2) is 41.3 Å². The van der Waals surface area contributed by atoms with Crippen LogP contribution in [-0.4, -0.2) is 12.2 Å². The number of ether oxygens (including phenoxy) is 1. The number of rotatable bonds is 4. The van der Waals surface area contributed by atoms with Gasteiger partial charge in [0.2, 0.25) is 0 Å². The molecule has 2 aromatic carbocycles. The summed E-state index contributed by atoms with van der Waals surface area (Å²) in [6, 6.07) is 8.14. The Balaban J connectivity index is 2.15. The van der Waals surface area contributed by atoms with Gasteiger partial charge in [-0.1, -0.05) is 11.6 Å². The predicted molar refractivity (Wildman–Crippen MR) is 80.6 cm³/mol. The van der Waals surface area contributed by atoms with Gasteiger partial charge in [-0.05, 0) is 42.3 Å². The Kier molecular flexibility index (Phi) is 4.97. The van der Waals surface area contributed by atoms with E-state index < -0.39 is 11.7 Å². The van der Waals surface area contributed by atoms with Gasteiger partial charge in [0, 0.05) is 16.6 Å². The fourth-order valence-electron chi connectivity index (χ4n) is 1.66. The Hall–Kier alpha value is -1.73. The quantitative estimate of drug-likeness (QED) is 0.745. The van der Waals surface area contributed by atoms with Gasteiger partial charge in [-0.2, -0.15) is 13.2 Å². The first-order valence-electron chi connectivity index (χ1n) is 5.98. The Bertz CT molecular complexity index is 680. The molecule has 22 heavy (non-hydrogen) atoms. The Morgan fingerprint density at radius 2 is 1.91 bits per heavy atom. The number of hydrogen-bond acceptors (Lipinski definition) is 4. The van der Waals surface area contributed by atoms with Crippen molar-refractivity contribution in [1.82, 2.24) is 0 Å². The van der Waals surface area contributed by atoms with Crippen LogP contribution in [0.1, 0.15) is 5.56 Å². The SMILES string of the molecule is COc1cc(SNc2ccc(Cl)c(O)c2)ccc1C(F)(F)F. The average Bonchev–Trinajstić information content (AvgIpc) is 2.47. The van der Waals surface area contributed by atoms with Gasteiger partial charge in [0.25, 0.3) is 0 Å². The molecule has 0 amide bonds. The van der Waals surface area contributed by atoms with E-state index in [1.165, 1.54) is 31.4 Å². The van der Waals surface area contributed by atoms with E-state index in [2.05, 4.69) is 4.72 Å². The molecule has 0 aliphatic carbocycles. The summed E-state index contributed by atoms with van der Waals surface area (Å²) in [5.74, 6) is -0.337. The average molecular weight is 350 g/mol. The zero-order chi connectivity index (χ0) is 16.3. The highest BCUT2D eigenvalue weighted by Crippen LogP contribution is 2.38. The number of benzene rings is 2. The molecule has 0 bridgehead atoms. The lowest BCUT2D eigenvalue weighted by atomic mass is 10.2. The monoisotopic (exact) mass is 349 g/mol. The fraction of sp³-hybridized carbons (Fsp3) is 0.143. The molecule has 0 unspecified atom stereocenters. The third kappa shape index (κ3) is 3.92. The van der Waals surface area contributed by atoms with Crippen molar-refractivity contribution >= 4 is 29.2 Å². The molecular weight excluding hydrogens is 339 g/mol. The van der Waals surface area contributed by atoms with E-state index in [0.29, 0.717) is 10.6 Å². The highest BCUT2D eigenvalue weighted by molar-refractivity contribution is 8.00. The molecule has 0 aliphatic rings.